The van der Waals surface area contributed by atoms with Gasteiger partial charge in [0.2, 0.25) is 10.0 Å². The molecule has 3 rings (SSSR count). The third kappa shape index (κ3) is 4.54. The monoisotopic (exact) mass is 394 g/mol. The van der Waals surface area contributed by atoms with Gasteiger partial charge in [0.15, 0.2) is 5.96 Å². The molecule has 1 aromatic carbocycles. The molecule has 0 amide bonds. The van der Waals surface area contributed by atoms with E-state index in [-0.39, 0.29) is 12.6 Å². The maximum absolute atomic E-state index is 12.1. The molecular weight excluding hydrogens is 372 g/mol. The largest absolute Gasteiger partial charge is 0.493 e. The molecule has 1 aliphatic heterocycles. The zero-order valence-electron chi connectivity index (χ0n) is 14.4. The van der Waals surface area contributed by atoms with Gasteiger partial charge in [-0.1, -0.05) is 24.3 Å². The Balaban J connectivity index is 1.50. The topological polar surface area (TPSA) is 91.8 Å². The number of benzene rings is 1. The van der Waals surface area contributed by atoms with Crippen LogP contribution in [0.2, 0.25) is 0 Å². The van der Waals surface area contributed by atoms with Gasteiger partial charge >= 0.3 is 0 Å². The molecule has 0 radical (unpaired) electrons. The summed E-state index contributed by atoms with van der Waals surface area (Å²) in [4.78, 5) is 4.22. The summed E-state index contributed by atoms with van der Waals surface area (Å²) in [5.74, 6) is 1.51. The van der Waals surface area contributed by atoms with Crippen molar-refractivity contribution in [1.29, 1.82) is 0 Å². The van der Waals surface area contributed by atoms with E-state index in [2.05, 4.69) is 20.3 Å². The molecule has 0 saturated carbocycles. The lowest BCUT2D eigenvalue weighted by atomic mass is 10.0. The first-order valence-electron chi connectivity index (χ1n) is 8.32. The summed E-state index contributed by atoms with van der Waals surface area (Å²) in [7, 11) is -1.75. The maximum Gasteiger partial charge on any atom is 0.250 e. The summed E-state index contributed by atoms with van der Waals surface area (Å²) in [6.07, 6.45) is 0.836. The minimum absolute atomic E-state index is 0.106. The molecule has 0 aliphatic carbocycles. The summed E-state index contributed by atoms with van der Waals surface area (Å²) >= 11 is 1.20. The fourth-order valence-corrected chi connectivity index (χ4v) is 4.77. The highest BCUT2D eigenvalue weighted by Crippen LogP contribution is 2.31. The number of guanidine groups is 1. The Labute approximate surface area is 157 Å². The van der Waals surface area contributed by atoms with E-state index in [9.17, 15) is 8.42 Å². The summed E-state index contributed by atoms with van der Waals surface area (Å²) in [5.41, 5.74) is 1.10. The van der Waals surface area contributed by atoms with Gasteiger partial charge in [0.05, 0.1) is 12.6 Å². The van der Waals surface area contributed by atoms with E-state index in [1.54, 1.807) is 24.6 Å². The first-order chi connectivity index (χ1) is 12.6. The predicted octanol–water partition coefficient (Wildman–Crippen LogP) is 1.72. The molecule has 0 fully saturated rings. The van der Waals surface area contributed by atoms with Gasteiger partial charge in [0, 0.05) is 32.1 Å². The van der Waals surface area contributed by atoms with Crippen LogP contribution in [-0.2, 0) is 10.0 Å². The van der Waals surface area contributed by atoms with Crippen molar-refractivity contribution < 1.29 is 13.2 Å². The Hall–Kier alpha value is -2.10. The van der Waals surface area contributed by atoms with Crippen LogP contribution < -0.4 is 20.1 Å². The predicted molar refractivity (Wildman–Crippen MR) is 103 cm³/mol. The number of aliphatic imine (C=N–C) groups is 1. The Kier molecular flexibility index (Phi) is 6.12. The summed E-state index contributed by atoms with van der Waals surface area (Å²) in [6.45, 7) is 1.34. The molecule has 3 N–H and O–H groups in total. The van der Waals surface area contributed by atoms with Crippen molar-refractivity contribution in [3.63, 3.8) is 0 Å². The van der Waals surface area contributed by atoms with E-state index in [4.69, 9.17) is 4.74 Å². The zero-order valence-corrected chi connectivity index (χ0v) is 16.1. The molecule has 7 nitrogen and oxygen atoms in total. The third-order valence-corrected chi connectivity index (χ3v) is 6.82. The van der Waals surface area contributed by atoms with Crippen molar-refractivity contribution in [2.24, 2.45) is 4.99 Å². The van der Waals surface area contributed by atoms with E-state index < -0.39 is 10.0 Å². The lowest BCUT2D eigenvalue weighted by Crippen LogP contribution is -2.43. The van der Waals surface area contributed by atoms with Gasteiger partial charge in [0.25, 0.3) is 0 Å². The van der Waals surface area contributed by atoms with Crippen molar-refractivity contribution in [2.45, 2.75) is 16.7 Å². The highest BCUT2D eigenvalue weighted by Gasteiger charge is 2.21. The molecule has 1 aliphatic rings. The smallest absolute Gasteiger partial charge is 0.250 e. The van der Waals surface area contributed by atoms with Crippen LogP contribution in [0.15, 0.2) is 51.0 Å². The van der Waals surface area contributed by atoms with Crippen molar-refractivity contribution in [1.82, 2.24) is 15.4 Å². The molecular formula is C17H22N4O3S2. The molecule has 140 valence electrons. The number of hydrogen-bond donors (Lipinski definition) is 3. The van der Waals surface area contributed by atoms with Gasteiger partial charge in [-0.2, -0.15) is 0 Å². The van der Waals surface area contributed by atoms with E-state index >= 15 is 0 Å². The number of nitrogens with one attached hydrogen (secondary N) is 3. The van der Waals surface area contributed by atoms with E-state index in [1.165, 1.54) is 11.3 Å². The van der Waals surface area contributed by atoms with Crippen LogP contribution in [0.5, 0.6) is 5.75 Å². The molecule has 0 saturated heterocycles. The third-order valence-electron chi connectivity index (χ3n) is 3.96. The standard InChI is InChI=1S/C17H22N4O3S2/c1-18-17(19-9-10-20-26(22,23)16-7-4-12-25-16)21-14-8-11-24-15-6-3-2-5-13(14)15/h2-7,12,14,20H,8-11H2,1H3,(H2,18,19,21). The second kappa shape index (κ2) is 8.52. The normalized spacial score (nSPS) is 17.3. The number of ether oxygens (including phenoxy) is 1. The van der Waals surface area contributed by atoms with Crippen LogP contribution >= 0.6 is 11.3 Å². The zero-order chi connectivity index (χ0) is 18.4. The Morgan fingerprint density at radius 1 is 1.27 bits per heavy atom. The summed E-state index contributed by atoms with van der Waals surface area (Å²) in [5, 5.41) is 8.25. The van der Waals surface area contributed by atoms with Crippen LogP contribution in [0.4, 0.5) is 0 Å². The summed E-state index contributed by atoms with van der Waals surface area (Å²) in [6, 6.07) is 11.3. The number of fused-ring (bicyclic) bond motifs is 1. The van der Waals surface area contributed by atoms with Crippen LogP contribution in [0.25, 0.3) is 0 Å². The first kappa shape index (κ1) is 18.7. The molecule has 1 atom stereocenters. The number of nitrogens with zero attached hydrogens (tertiary/aromatic N) is 1. The van der Waals surface area contributed by atoms with Crippen molar-refractivity contribution in [3.8, 4) is 5.75 Å². The Bertz CT molecular complexity index is 851. The van der Waals surface area contributed by atoms with Gasteiger partial charge in [-0.15, -0.1) is 11.3 Å². The van der Waals surface area contributed by atoms with E-state index in [0.29, 0.717) is 23.3 Å². The number of hydrogen-bond acceptors (Lipinski definition) is 5. The average molecular weight is 395 g/mol. The Morgan fingerprint density at radius 3 is 2.88 bits per heavy atom. The maximum atomic E-state index is 12.1. The number of thiophene rings is 1. The number of para-hydroxylation sites is 1. The molecule has 2 aromatic rings. The van der Waals surface area contributed by atoms with Gasteiger partial charge in [-0.25, -0.2) is 13.1 Å². The quantitative estimate of drug-likeness (QED) is 0.394. The van der Waals surface area contributed by atoms with Crippen LogP contribution in [0.1, 0.15) is 18.0 Å². The summed E-state index contributed by atoms with van der Waals surface area (Å²) < 4.78 is 32.7. The number of sulfonamides is 1. The molecule has 1 aromatic heterocycles. The Morgan fingerprint density at radius 2 is 2.12 bits per heavy atom. The SMILES string of the molecule is CN=C(NCCNS(=O)(=O)c1cccs1)NC1CCOc2ccccc21. The highest BCUT2D eigenvalue weighted by atomic mass is 32.2. The molecule has 2 heterocycles. The van der Waals surface area contributed by atoms with Crippen molar-refractivity contribution >= 4 is 27.3 Å². The minimum atomic E-state index is -3.44. The van der Waals surface area contributed by atoms with Crippen LogP contribution in [0, 0.1) is 0 Å². The van der Waals surface area contributed by atoms with Gasteiger partial charge in [-0.05, 0) is 17.5 Å². The number of rotatable bonds is 6. The highest BCUT2D eigenvalue weighted by molar-refractivity contribution is 7.91. The molecule has 26 heavy (non-hydrogen) atoms. The van der Waals surface area contributed by atoms with Crippen molar-refractivity contribution in [2.75, 3.05) is 26.7 Å². The van der Waals surface area contributed by atoms with Crippen molar-refractivity contribution in [3.05, 3.63) is 47.3 Å². The minimum Gasteiger partial charge on any atom is -0.493 e. The molecule has 9 heteroatoms. The lowest BCUT2D eigenvalue weighted by Gasteiger charge is -2.28. The lowest BCUT2D eigenvalue weighted by molar-refractivity contribution is 0.261. The average Bonchev–Trinajstić information content (AvgIpc) is 3.20. The van der Waals surface area contributed by atoms with Gasteiger partial charge < -0.3 is 15.4 Å². The molecule has 1 unspecified atom stereocenters. The van der Waals surface area contributed by atoms with Gasteiger partial charge in [-0.3, -0.25) is 4.99 Å². The first-order valence-corrected chi connectivity index (χ1v) is 10.7. The molecule has 0 bridgehead atoms. The molecule has 0 spiro atoms. The second-order valence-electron chi connectivity index (χ2n) is 5.70. The van der Waals surface area contributed by atoms with E-state index in [1.807, 2.05) is 24.3 Å². The van der Waals surface area contributed by atoms with E-state index in [0.717, 1.165) is 17.7 Å². The van der Waals surface area contributed by atoms with Crippen LogP contribution in [0.3, 0.4) is 0 Å². The second-order valence-corrected chi connectivity index (χ2v) is 8.64. The van der Waals surface area contributed by atoms with Crippen LogP contribution in [-0.4, -0.2) is 41.1 Å². The van der Waals surface area contributed by atoms with Gasteiger partial charge in [0.1, 0.15) is 9.96 Å². The fraction of sp³-hybridized carbons (Fsp3) is 0.353. The fourth-order valence-electron chi connectivity index (χ4n) is 2.71.